The highest BCUT2D eigenvalue weighted by Crippen LogP contribution is 2.32. The number of anilines is 1. The molecular formula is C12H14FN3S. The second kappa shape index (κ2) is 4.22. The minimum absolute atomic E-state index is 0.234. The number of aromatic nitrogens is 2. The van der Waals surface area contributed by atoms with Crippen LogP contribution in [0.5, 0.6) is 0 Å². The van der Waals surface area contributed by atoms with Gasteiger partial charge in [-0.2, -0.15) is 11.8 Å². The molecule has 0 bridgehead atoms. The number of benzene rings is 1. The summed E-state index contributed by atoms with van der Waals surface area (Å²) in [5.41, 5.74) is 7.55. The predicted molar refractivity (Wildman–Crippen MR) is 69.7 cm³/mol. The molecule has 0 amide bonds. The molecule has 2 heterocycles. The average Bonchev–Trinajstić information content (AvgIpc) is 2.65. The molecule has 1 aliphatic heterocycles. The third kappa shape index (κ3) is 1.88. The van der Waals surface area contributed by atoms with Gasteiger partial charge in [0.05, 0.1) is 11.0 Å². The lowest BCUT2D eigenvalue weighted by molar-refractivity contribution is 0.516. The van der Waals surface area contributed by atoms with Crippen LogP contribution in [0.4, 0.5) is 10.3 Å². The van der Waals surface area contributed by atoms with E-state index in [4.69, 9.17) is 5.73 Å². The van der Waals surface area contributed by atoms with Gasteiger partial charge in [-0.1, -0.05) is 0 Å². The number of rotatable bonds is 1. The fourth-order valence-electron chi connectivity index (χ4n) is 2.40. The number of fused-ring (bicyclic) bond motifs is 1. The van der Waals surface area contributed by atoms with Gasteiger partial charge in [0.25, 0.3) is 0 Å². The zero-order chi connectivity index (χ0) is 11.8. The van der Waals surface area contributed by atoms with Crippen LogP contribution >= 0.6 is 11.8 Å². The minimum atomic E-state index is -0.234. The second-order valence-electron chi connectivity index (χ2n) is 4.34. The topological polar surface area (TPSA) is 43.8 Å². The Labute approximate surface area is 103 Å². The Hall–Kier alpha value is -1.23. The molecule has 1 aromatic carbocycles. The smallest absolute Gasteiger partial charge is 0.201 e. The SMILES string of the molecule is Nc1nc2ccc(F)cc2n1C1CCCSC1. The van der Waals surface area contributed by atoms with E-state index in [1.165, 1.54) is 24.3 Å². The highest BCUT2D eigenvalue weighted by molar-refractivity contribution is 7.99. The summed E-state index contributed by atoms with van der Waals surface area (Å²) in [5, 5.41) is 0. The van der Waals surface area contributed by atoms with Crippen LogP contribution in [0.2, 0.25) is 0 Å². The predicted octanol–water partition coefficient (Wildman–Crippen LogP) is 2.83. The van der Waals surface area contributed by atoms with Crippen molar-refractivity contribution in [3.8, 4) is 0 Å². The molecule has 0 saturated carbocycles. The third-order valence-corrected chi connectivity index (χ3v) is 4.38. The molecule has 3 rings (SSSR count). The summed E-state index contributed by atoms with van der Waals surface area (Å²) in [5.74, 6) is 2.50. The highest BCUT2D eigenvalue weighted by atomic mass is 32.2. The van der Waals surface area contributed by atoms with E-state index in [-0.39, 0.29) is 5.82 Å². The number of thioether (sulfide) groups is 1. The summed E-state index contributed by atoms with van der Waals surface area (Å²) < 4.78 is 15.3. The van der Waals surface area contributed by atoms with Crippen LogP contribution in [0.1, 0.15) is 18.9 Å². The van der Waals surface area contributed by atoms with Crippen LogP contribution in [-0.4, -0.2) is 21.1 Å². The van der Waals surface area contributed by atoms with E-state index >= 15 is 0 Å². The van der Waals surface area contributed by atoms with Gasteiger partial charge in [-0.25, -0.2) is 9.37 Å². The molecular weight excluding hydrogens is 237 g/mol. The van der Waals surface area contributed by atoms with Gasteiger partial charge in [-0.3, -0.25) is 0 Å². The molecule has 2 N–H and O–H groups in total. The Morgan fingerprint density at radius 1 is 1.47 bits per heavy atom. The Morgan fingerprint density at radius 2 is 2.35 bits per heavy atom. The highest BCUT2D eigenvalue weighted by Gasteiger charge is 2.20. The van der Waals surface area contributed by atoms with Gasteiger partial charge < -0.3 is 10.3 Å². The molecule has 1 aromatic heterocycles. The zero-order valence-electron chi connectivity index (χ0n) is 9.40. The number of nitrogen functional groups attached to an aromatic ring is 1. The van der Waals surface area contributed by atoms with Gasteiger partial charge in [0.15, 0.2) is 0 Å². The van der Waals surface area contributed by atoms with Crippen molar-refractivity contribution in [2.24, 2.45) is 0 Å². The third-order valence-electron chi connectivity index (χ3n) is 3.18. The summed E-state index contributed by atoms with van der Waals surface area (Å²) in [6.45, 7) is 0. The van der Waals surface area contributed by atoms with E-state index in [0.29, 0.717) is 12.0 Å². The number of halogens is 1. The Balaban J connectivity index is 2.13. The van der Waals surface area contributed by atoms with Gasteiger partial charge in [-0.15, -0.1) is 0 Å². The summed E-state index contributed by atoms with van der Waals surface area (Å²) in [7, 11) is 0. The average molecular weight is 251 g/mol. The molecule has 0 aliphatic carbocycles. The molecule has 1 saturated heterocycles. The fourth-order valence-corrected chi connectivity index (χ4v) is 3.52. The number of imidazole rings is 1. The second-order valence-corrected chi connectivity index (χ2v) is 5.49. The quantitative estimate of drug-likeness (QED) is 0.847. The molecule has 1 atom stereocenters. The van der Waals surface area contributed by atoms with Crippen molar-refractivity contribution in [3.63, 3.8) is 0 Å². The van der Waals surface area contributed by atoms with Crippen molar-refractivity contribution >= 4 is 28.7 Å². The van der Waals surface area contributed by atoms with Crippen molar-refractivity contribution in [1.29, 1.82) is 0 Å². The van der Waals surface area contributed by atoms with Crippen LogP contribution in [0, 0.1) is 5.82 Å². The lowest BCUT2D eigenvalue weighted by Gasteiger charge is -2.24. The van der Waals surface area contributed by atoms with Gasteiger partial charge in [-0.05, 0) is 36.8 Å². The molecule has 2 aromatic rings. The minimum Gasteiger partial charge on any atom is -0.369 e. The summed E-state index contributed by atoms with van der Waals surface area (Å²) >= 11 is 1.92. The first-order chi connectivity index (χ1) is 8.25. The van der Waals surface area contributed by atoms with E-state index in [0.717, 1.165) is 23.2 Å². The summed E-state index contributed by atoms with van der Waals surface area (Å²) in [6, 6.07) is 4.99. The molecule has 1 unspecified atom stereocenters. The van der Waals surface area contributed by atoms with E-state index < -0.39 is 0 Å². The number of hydrogen-bond acceptors (Lipinski definition) is 3. The number of nitrogens with two attached hydrogens (primary N) is 1. The van der Waals surface area contributed by atoms with E-state index in [1.807, 2.05) is 16.3 Å². The maximum absolute atomic E-state index is 13.3. The first-order valence-corrected chi connectivity index (χ1v) is 6.92. The molecule has 1 aliphatic rings. The van der Waals surface area contributed by atoms with E-state index in [2.05, 4.69) is 4.98 Å². The largest absolute Gasteiger partial charge is 0.369 e. The standard InChI is InChI=1S/C12H14FN3S/c13-8-3-4-10-11(6-8)16(12(14)15-10)9-2-1-5-17-7-9/h3-4,6,9H,1-2,5,7H2,(H2,14,15). The van der Waals surface area contributed by atoms with Gasteiger partial charge in [0, 0.05) is 11.8 Å². The molecule has 0 spiro atoms. The Kier molecular flexibility index (Phi) is 2.70. The molecule has 90 valence electrons. The Morgan fingerprint density at radius 3 is 3.12 bits per heavy atom. The number of hydrogen-bond donors (Lipinski definition) is 1. The van der Waals surface area contributed by atoms with E-state index in [9.17, 15) is 4.39 Å². The lowest BCUT2D eigenvalue weighted by Crippen LogP contribution is -2.17. The van der Waals surface area contributed by atoms with Crippen molar-refractivity contribution in [1.82, 2.24) is 9.55 Å². The monoisotopic (exact) mass is 251 g/mol. The molecule has 0 radical (unpaired) electrons. The number of nitrogens with zero attached hydrogens (tertiary/aromatic N) is 2. The molecule has 3 nitrogen and oxygen atoms in total. The Bertz CT molecular complexity index is 546. The summed E-state index contributed by atoms with van der Waals surface area (Å²) in [6.07, 6.45) is 2.28. The fraction of sp³-hybridized carbons (Fsp3) is 0.417. The van der Waals surface area contributed by atoms with Crippen LogP contribution in [0.15, 0.2) is 18.2 Å². The van der Waals surface area contributed by atoms with Crippen LogP contribution < -0.4 is 5.73 Å². The van der Waals surface area contributed by atoms with Crippen LogP contribution in [0.3, 0.4) is 0 Å². The van der Waals surface area contributed by atoms with Gasteiger partial charge in [0.2, 0.25) is 5.95 Å². The maximum Gasteiger partial charge on any atom is 0.201 e. The van der Waals surface area contributed by atoms with Crippen LogP contribution in [-0.2, 0) is 0 Å². The van der Waals surface area contributed by atoms with Crippen molar-refractivity contribution in [3.05, 3.63) is 24.0 Å². The zero-order valence-corrected chi connectivity index (χ0v) is 10.2. The maximum atomic E-state index is 13.3. The van der Waals surface area contributed by atoms with Crippen LogP contribution in [0.25, 0.3) is 11.0 Å². The lowest BCUT2D eigenvalue weighted by atomic mass is 10.1. The molecule has 5 heteroatoms. The van der Waals surface area contributed by atoms with Crippen molar-refractivity contribution < 1.29 is 4.39 Å². The van der Waals surface area contributed by atoms with Gasteiger partial charge >= 0.3 is 0 Å². The van der Waals surface area contributed by atoms with E-state index in [1.54, 1.807) is 6.07 Å². The normalized spacial score (nSPS) is 20.9. The first-order valence-electron chi connectivity index (χ1n) is 5.76. The van der Waals surface area contributed by atoms with Gasteiger partial charge in [0.1, 0.15) is 5.82 Å². The molecule has 17 heavy (non-hydrogen) atoms. The van der Waals surface area contributed by atoms with Crippen molar-refractivity contribution in [2.45, 2.75) is 18.9 Å². The van der Waals surface area contributed by atoms with Crippen molar-refractivity contribution in [2.75, 3.05) is 17.2 Å². The first kappa shape index (κ1) is 10.9. The summed E-state index contributed by atoms with van der Waals surface area (Å²) in [4.78, 5) is 4.29. The molecule has 1 fully saturated rings.